The number of hydrogen-bond acceptors (Lipinski definition) is 4. The fourth-order valence-corrected chi connectivity index (χ4v) is 3.30. The van der Waals surface area contributed by atoms with E-state index in [1.165, 1.54) is 0 Å². The molecule has 0 aliphatic heterocycles. The van der Waals surface area contributed by atoms with Crippen molar-refractivity contribution in [1.29, 1.82) is 0 Å². The summed E-state index contributed by atoms with van der Waals surface area (Å²) in [4.78, 5) is 2.65. The van der Waals surface area contributed by atoms with E-state index >= 15 is 0 Å². The molecule has 0 atom stereocenters. The molecule has 0 heterocycles. The minimum atomic E-state index is -3.41. The Bertz CT molecular complexity index is 511. The van der Waals surface area contributed by atoms with Gasteiger partial charge in [-0.05, 0) is 56.7 Å². The number of hydrogen-bond donors (Lipinski definition) is 1. The molecule has 0 saturated heterocycles. The molecule has 126 valence electrons. The predicted octanol–water partition coefficient (Wildman–Crippen LogP) is 2.49. The first-order valence-corrected chi connectivity index (χ1v) is 9.37. The van der Waals surface area contributed by atoms with Crippen molar-refractivity contribution in [3.8, 4) is 5.75 Å². The molecule has 22 heavy (non-hydrogen) atoms. The molecule has 0 aromatic heterocycles. The van der Waals surface area contributed by atoms with Gasteiger partial charge in [0.05, 0.1) is 12.0 Å². The number of nitrogens with one attached hydrogen (secondary N) is 1. The van der Waals surface area contributed by atoms with Gasteiger partial charge in [0, 0.05) is 6.54 Å². The van der Waals surface area contributed by atoms with Crippen LogP contribution in [0, 0.1) is 0 Å². The highest BCUT2D eigenvalue weighted by Crippen LogP contribution is 2.15. The van der Waals surface area contributed by atoms with Gasteiger partial charge >= 0.3 is 0 Å². The van der Waals surface area contributed by atoms with Gasteiger partial charge in [0.2, 0.25) is 10.0 Å². The highest BCUT2D eigenvalue weighted by Gasteiger charge is 2.12. The van der Waals surface area contributed by atoms with Crippen LogP contribution in [-0.4, -0.2) is 46.6 Å². The molecule has 0 saturated carbocycles. The molecule has 1 aromatic rings. The number of unbranched alkanes of at least 4 members (excludes halogenated alkanes) is 2. The van der Waals surface area contributed by atoms with Crippen molar-refractivity contribution in [2.45, 2.75) is 38.0 Å². The second-order valence-corrected chi connectivity index (χ2v) is 6.93. The first kappa shape index (κ1) is 18.9. The third kappa shape index (κ3) is 6.34. The fraction of sp³-hybridized carbons (Fsp3) is 0.625. The van der Waals surface area contributed by atoms with E-state index in [0.29, 0.717) is 12.3 Å². The largest absolute Gasteiger partial charge is 0.497 e. The molecule has 6 heteroatoms. The van der Waals surface area contributed by atoms with Crippen molar-refractivity contribution >= 4 is 10.0 Å². The van der Waals surface area contributed by atoms with Gasteiger partial charge in [-0.1, -0.05) is 20.3 Å². The lowest BCUT2D eigenvalue weighted by Gasteiger charge is -2.17. The number of nitrogens with zero attached hydrogens (tertiary/aromatic N) is 1. The molecule has 0 fully saturated rings. The highest BCUT2D eigenvalue weighted by molar-refractivity contribution is 7.89. The standard InChI is InChI=1S/C16H28N2O3S/c1-4-18(5-2)14-8-6-7-13-17-22(19,20)16-11-9-15(21-3)10-12-16/h9-12,17H,4-8,13-14H2,1-3H3. The first-order chi connectivity index (χ1) is 10.5. The molecular weight excluding hydrogens is 300 g/mol. The van der Waals surface area contributed by atoms with Crippen LogP contribution in [-0.2, 0) is 10.0 Å². The van der Waals surface area contributed by atoms with Gasteiger partial charge in [-0.2, -0.15) is 0 Å². The van der Waals surface area contributed by atoms with Crippen LogP contribution in [0.15, 0.2) is 29.2 Å². The van der Waals surface area contributed by atoms with Crippen LogP contribution < -0.4 is 9.46 Å². The molecule has 1 N–H and O–H groups in total. The molecule has 0 unspecified atom stereocenters. The Morgan fingerprint density at radius 1 is 1.05 bits per heavy atom. The van der Waals surface area contributed by atoms with Gasteiger partial charge in [-0.25, -0.2) is 13.1 Å². The summed E-state index contributed by atoms with van der Waals surface area (Å²) in [6, 6.07) is 6.42. The molecule has 0 spiro atoms. The predicted molar refractivity (Wildman–Crippen MR) is 89.8 cm³/mol. The zero-order chi connectivity index (χ0) is 16.4. The smallest absolute Gasteiger partial charge is 0.240 e. The normalized spacial score (nSPS) is 11.8. The summed E-state index contributed by atoms with van der Waals surface area (Å²) in [5.41, 5.74) is 0. The molecule has 0 amide bonds. The van der Waals surface area contributed by atoms with Crippen molar-refractivity contribution in [2.75, 3.05) is 33.3 Å². The Morgan fingerprint density at radius 3 is 2.23 bits per heavy atom. The van der Waals surface area contributed by atoms with Crippen molar-refractivity contribution in [2.24, 2.45) is 0 Å². The lowest BCUT2D eigenvalue weighted by molar-refractivity contribution is 0.296. The number of sulfonamides is 1. The van der Waals surface area contributed by atoms with Crippen LogP contribution in [0.1, 0.15) is 33.1 Å². The Balaban J connectivity index is 2.30. The van der Waals surface area contributed by atoms with Crippen LogP contribution >= 0.6 is 0 Å². The topological polar surface area (TPSA) is 58.6 Å². The second-order valence-electron chi connectivity index (χ2n) is 5.16. The van der Waals surface area contributed by atoms with E-state index in [2.05, 4.69) is 23.5 Å². The van der Waals surface area contributed by atoms with E-state index in [4.69, 9.17) is 4.74 Å². The zero-order valence-electron chi connectivity index (χ0n) is 13.8. The number of benzene rings is 1. The molecule has 1 rings (SSSR count). The quantitative estimate of drug-likeness (QED) is 0.634. The van der Waals surface area contributed by atoms with Crippen LogP contribution in [0.3, 0.4) is 0 Å². The third-order valence-electron chi connectivity index (χ3n) is 3.71. The monoisotopic (exact) mass is 328 g/mol. The molecule has 0 radical (unpaired) electrons. The number of methoxy groups -OCH3 is 1. The maximum absolute atomic E-state index is 12.1. The average Bonchev–Trinajstić information content (AvgIpc) is 2.54. The van der Waals surface area contributed by atoms with Crippen molar-refractivity contribution in [1.82, 2.24) is 9.62 Å². The van der Waals surface area contributed by atoms with Crippen molar-refractivity contribution < 1.29 is 13.2 Å². The van der Waals surface area contributed by atoms with Gasteiger partial charge < -0.3 is 9.64 Å². The minimum Gasteiger partial charge on any atom is -0.497 e. The number of rotatable bonds is 11. The van der Waals surface area contributed by atoms with Crippen molar-refractivity contribution in [3.05, 3.63) is 24.3 Å². The molecule has 5 nitrogen and oxygen atoms in total. The van der Waals surface area contributed by atoms with Gasteiger partial charge in [0.1, 0.15) is 5.75 Å². The van der Waals surface area contributed by atoms with Crippen molar-refractivity contribution in [3.63, 3.8) is 0 Å². The van der Waals surface area contributed by atoms with Crippen LogP contribution in [0.25, 0.3) is 0 Å². The Kier molecular flexibility index (Phi) is 8.45. The molecule has 0 aliphatic rings. The summed E-state index contributed by atoms with van der Waals surface area (Å²) in [6.07, 6.45) is 2.99. The Labute approximate surface area is 134 Å². The van der Waals surface area contributed by atoms with E-state index in [9.17, 15) is 8.42 Å². The highest BCUT2D eigenvalue weighted by atomic mass is 32.2. The average molecular weight is 328 g/mol. The minimum absolute atomic E-state index is 0.274. The van der Waals surface area contributed by atoms with Gasteiger partial charge in [-0.15, -0.1) is 0 Å². The maximum atomic E-state index is 12.1. The van der Waals surface area contributed by atoms with Gasteiger partial charge in [0.15, 0.2) is 0 Å². The summed E-state index contributed by atoms with van der Waals surface area (Å²) in [7, 11) is -1.86. The van der Waals surface area contributed by atoms with E-state index in [0.717, 1.165) is 38.9 Å². The Hall–Kier alpha value is -1.11. The summed E-state index contributed by atoms with van der Waals surface area (Å²) in [5, 5.41) is 0. The van der Waals surface area contributed by atoms with E-state index < -0.39 is 10.0 Å². The molecule has 1 aromatic carbocycles. The molecule has 0 bridgehead atoms. The first-order valence-electron chi connectivity index (χ1n) is 7.89. The SMILES string of the molecule is CCN(CC)CCCCCNS(=O)(=O)c1ccc(OC)cc1. The number of ether oxygens (including phenoxy) is 1. The fourth-order valence-electron chi connectivity index (χ4n) is 2.22. The summed E-state index contributed by atoms with van der Waals surface area (Å²) in [5.74, 6) is 0.648. The van der Waals surface area contributed by atoms with E-state index in [-0.39, 0.29) is 4.90 Å². The third-order valence-corrected chi connectivity index (χ3v) is 5.18. The van der Waals surface area contributed by atoms with Gasteiger partial charge in [0.25, 0.3) is 0 Å². The maximum Gasteiger partial charge on any atom is 0.240 e. The van der Waals surface area contributed by atoms with E-state index in [1.807, 2.05) is 0 Å². The lowest BCUT2D eigenvalue weighted by Crippen LogP contribution is -2.26. The lowest BCUT2D eigenvalue weighted by atomic mass is 10.2. The Morgan fingerprint density at radius 2 is 1.68 bits per heavy atom. The summed E-state index contributed by atoms with van der Waals surface area (Å²) < 4.78 is 31.9. The molecule has 0 aliphatic carbocycles. The zero-order valence-corrected chi connectivity index (χ0v) is 14.7. The van der Waals surface area contributed by atoms with Crippen LogP contribution in [0.4, 0.5) is 0 Å². The van der Waals surface area contributed by atoms with Gasteiger partial charge in [-0.3, -0.25) is 0 Å². The molecular formula is C16H28N2O3S. The van der Waals surface area contributed by atoms with Crippen LogP contribution in [0.5, 0.6) is 5.75 Å². The summed E-state index contributed by atoms with van der Waals surface area (Å²) in [6.45, 7) is 8.02. The summed E-state index contributed by atoms with van der Waals surface area (Å²) >= 11 is 0. The van der Waals surface area contributed by atoms with Crippen LogP contribution in [0.2, 0.25) is 0 Å². The van der Waals surface area contributed by atoms with E-state index in [1.54, 1.807) is 31.4 Å². The second kappa shape index (κ2) is 9.82.